The van der Waals surface area contributed by atoms with Gasteiger partial charge in [0, 0.05) is 36.8 Å². The molecule has 2 aliphatic rings. The summed E-state index contributed by atoms with van der Waals surface area (Å²) in [6, 6.07) is 10.7. The predicted octanol–water partition coefficient (Wildman–Crippen LogP) is 3.73. The van der Waals surface area contributed by atoms with Gasteiger partial charge in [0.2, 0.25) is 11.9 Å². The fraction of sp³-hybridized carbons (Fsp3) is 0.292. The number of fused-ring (bicyclic) bond motifs is 1. The van der Waals surface area contributed by atoms with Crippen molar-refractivity contribution in [1.29, 1.82) is 0 Å². The van der Waals surface area contributed by atoms with Crippen molar-refractivity contribution in [2.75, 3.05) is 10.6 Å². The van der Waals surface area contributed by atoms with Gasteiger partial charge in [-0.15, -0.1) is 5.10 Å². The van der Waals surface area contributed by atoms with Crippen molar-refractivity contribution < 1.29 is 14.3 Å². The lowest BCUT2D eigenvalue weighted by molar-refractivity contribution is -0.117. The average Bonchev–Trinajstić information content (AvgIpc) is 3.74. The van der Waals surface area contributed by atoms with Crippen molar-refractivity contribution in [3.63, 3.8) is 0 Å². The molecule has 0 aliphatic heterocycles. The molecule has 0 saturated heterocycles. The van der Waals surface area contributed by atoms with Crippen LogP contribution in [-0.4, -0.2) is 36.2 Å². The fourth-order valence-corrected chi connectivity index (χ4v) is 3.85. The van der Waals surface area contributed by atoms with Gasteiger partial charge < -0.3 is 10.1 Å². The lowest BCUT2D eigenvalue weighted by Crippen LogP contribution is -2.14. The largest absolute Gasteiger partial charge is 0.456 e. The molecule has 34 heavy (non-hydrogen) atoms. The number of hydrogen-bond acceptors (Lipinski definition) is 6. The molecule has 172 valence electrons. The van der Waals surface area contributed by atoms with E-state index < -0.39 is 0 Å². The van der Waals surface area contributed by atoms with E-state index in [9.17, 15) is 9.59 Å². The summed E-state index contributed by atoms with van der Waals surface area (Å²) in [4.78, 5) is 29.1. The summed E-state index contributed by atoms with van der Waals surface area (Å²) in [6.45, 7) is 0. The number of nitrogens with one attached hydrogen (secondary N) is 2. The summed E-state index contributed by atoms with van der Waals surface area (Å²) in [5.41, 5.74) is 2.70. The maximum absolute atomic E-state index is 12.9. The Kier molecular flexibility index (Phi) is 4.79. The third-order valence-electron chi connectivity index (χ3n) is 5.88. The van der Waals surface area contributed by atoms with E-state index >= 15 is 0 Å². The van der Waals surface area contributed by atoms with Crippen molar-refractivity contribution >= 4 is 29.1 Å². The molecule has 2 aliphatic carbocycles. The highest BCUT2D eigenvalue weighted by molar-refractivity contribution is 6.05. The molecule has 6 rings (SSSR count). The zero-order valence-corrected chi connectivity index (χ0v) is 18.6. The second-order valence-corrected chi connectivity index (χ2v) is 8.83. The summed E-state index contributed by atoms with van der Waals surface area (Å²) in [5.74, 6) is 1.62. The molecule has 2 N–H and O–H groups in total. The van der Waals surface area contributed by atoms with Gasteiger partial charge in [-0.1, -0.05) is 6.07 Å². The third-order valence-corrected chi connectivity index (χ3v) is 5.88. The molecule has 3 aromatic heterocycles. The third kappa shape index (κ3) is 4.21. The monoisotopic (exact) mass is 457 g/mol. The quantitative estimate of drug-likeness (QED) is 0.437. The van der Waals surface area contributed by atoms with E-state index in [1.165, 1.54) is 0 Å². The van der Waals surface area contributed by atoms with Crippen LogP contribution in [0.5, 0.6) is 11.5 Å². The fourth-order valence-electron chi connectivity index (χ4n) is 3.85. The first-order valence-corrected chi connectivity index (χ1v) is 11.3. The summed E-state index contributed by atoms with van der Waals surface area (Å²) < 4.78 is 9.23. The second-order valence-electron chi connectivity index (χ2n) is 8.83. The van der Waals surface area contributed by atoms with E-state index in [0.717, 1.165) is 31.4 Å². The maximum Gasteiger partial charge on any atom is 0.259 e. The van der Waals surface area contributed by atoms with Crippen LogP contribution in [-0.2, 0) is 11.8 Å². The zero-order chi connectivity index (χ0) is 23.2. The molecular formula is C24H23N7O3. The predicted molar refractivity (Wildman–Crippen MR) is 124 cm³/mol. The number of aryl methyl sites for hydroxylation is 1. The van der Waals surface area contributed by atoms with Crippen molar-refractivity contribution in [2.24, 2.45) is 13.0 Å². The van der Waals surface area contributed by atoms with Gasteiger partial charge in [-0.05, 0) is 49.9 Å². The van der Waals surface area contributed by atoms with Gasteiger partial charge in [0.25, 0.3) is 5.91 Å². The first-order chi connectivity index (χ1) is 16.5. The van der Waals surface area contributed by atoms with E-state index in [0.29, 0.717) is 34.3 Å². The van der Waals surface area contributed by atoms with Gasteiger partial charge in [0.1, 0.15) is 11.5 Å². The Bertz CT molecular complexity index is 1420. The molecule has 0 unspecified atom stereocenters. The van der Waals surface area contributed by atoms with Crippen molar-refractivity contribution in [1.82, 2.24) is 24.4 Å². The molecule has 10 nitrogen and oxygen atoms in total. The van der Waals surface area contributed by atoms with Crippen molar-refractivity contribution in [2.45, 2.75) is 31.6 Å². The second kappa shape index (κ2) is 7.98. The Balaban J connectivity index is 1.16. The molecule has 2 saturated carbocycles. The highest BCUT2D eigenvalue weighted by atomic mass is 16.5. The molecule has 0 atom stereocenters. The van der Waals surface area contributed by atoms with Crippen LogP contribution in [0.25, 0.3) is 5.65 Å². The lowest BCUT2D eigenvalue weighted by atomic mass is 10.1. The molecule has 10 heteroatoms. The van der Waals surface area contributed by atoms with E-state index in [4.69, 9.17) is 4.74 Å². The minimum atomic E-state index is -0.183. The number of carbonyl (C=O) groups is 2. The molecule has 0 spiro atoms. The van der Waals surface area contributed by atoms with Gasteiger partial charge in [-0.3, -0.25) is 19.6 Å². The topological polar surface area (TPSA) is 115 Å². The van der Waals surface area contributed by atoms with E-state index in [2.05, 4.69) is 25.8 Å². The summed E-state index contributed by atoms with van der Waals surface area (Å²) in [7, 11) is 1.83. The minimum Gasteiger partial charge on any atom is -0.456 e. The van der Waals surface area contributed by atoms with E-state index in [1.807, 2.05) is 25.2 Å². The first-order valence-electron chi connectivity index (χ1n) is 11.3. The van der Waals surface area contributed by atoms with Gasteiger partial charge in [0.15, 0.2) is 5.65 Å². The Labute approximate surface area is 194 Å². The zero-order valence-electron chi connectivity index (χ0n) is 18.6. The van der Waals surface area contributed by atoms with Gasteiger partial charge in [-0.25, -0.2) is 4.52 Å². The highest BCUT2D eigenvalue weighted by Gasteiger charge is 2.31. The Morgan fingerprint density at radius 2 is 1.85 bits per heavy atom. The van der Waals surface area contributed by atoms with Crippen LogP contribution < -0.4 is 15.4 Å². The summed E-state index contributed by atoms with van der Waals surface area (Å²) >= 11 is 0. The number of carbonyl (C=O) groups excluding carboxylic acids is 2. The lowest BCUT2D eigenvalue weighted by Gasteiger charge is -2.09. The maximum atomic E-state index is 12.9. The number of amides is 2. The van der Waals surface area contributed by atoms with Crippen LogP contribution in [0.3, 0.4) is 0 Å². The van der Waals surface area contributed by atoms with E-state index in [1.54, 1.807) is 39.8 Å². The number of nitrogens with zero attached hydrogens (tertiary/aromatic N) is 5. The SMILES string of the molecule is Cn1cc(C(=O)Nc2cccc(Oc3ccc4nc(NC(=O)C5CC5)nn4c3)c2)c(C2CC2)n1. The smallest absolute Gasteiger partial charge is 0.259 e. The molecule has 3 heterocycles. The average molecular weight is 457 g/mol. The first kappa shape index (κ1) is 20.4. The molecule has 0 radical (unpaired) electrons. The number of pyridine rings is 1. The minimum absolute atomic E-state index is 0.0400. The van der Waals surface area contributed by atoms with Gasteiger partial charge in [-0.2, -0.15) is 10.1 Å². The molecular weight excluding hydrogens is 434 g/mol. The van der Waals surface area contributed by atoms with Gasteiger partial charge >= 0.3 is 0 Å². The molecule has 1 aromatic carbocycles. The Hall–Kier alpha value is -4.21. The standard InChI is InChI=1S/C24H23N7O3/c1-30-13-19(21(28-30)14-5-6-14)23(33)25-16-3-2-4-17(11-16)34-18-9-10-20-26-24(29-31(20)12-18)27-22(32)15-7-8-15/h2-4,9-15H,5-8H2,1H3,(H,25,33)(H,27,29,32). The van der Waals surface area contributed by atoms with Gasteiger partial charge in [0.05, 0.1) is 17.5 Å². The van der Waals surface area contributed by atoms with Crippen LogP contribution in [0.4, 0.5) is 11.6 Å². The summed E-state index contributed by atoms with van der Waals surface area (Å²) in [5, 5.41) is 14.5. The van der Waals surface area contributed by atoms with Crippen molar-refractivity contribution in [3.05, 3.63) is 60.0 Å². The Morgan fingerprint density at radius 3 is 2.65 bits per heavy atom. The highest BCUT2D eigenvalue weighted by Crippen LogP contribution is 2.40. The van der Waals surface area contributed by atoms with E-state index in [-0.39, 0.29) is 23.7 Å². The van der Waals surface area contributed by atoms with Crippen LogP contribution >= 0.6 is 0 Å². The number of aromatic nitrogens is 5. The van der Waals surface area contributed by atoms with Crippen LogP contribution in [0.15, 0.2) is 48.8 Å². The van der Waals surface area contributed by atoms with Crippen LogP contribution in [0, 0.1) is 5.92 Å². The van der Waals surface area contributed by atoms with Crippen LogP contribution in [0.1, 0.15) is 47.7 Å². The Morgan fingerprint density at radius 1 is 1.00 bits per heavy atom. The summed E-state index contributed by atoms with van der Waals surface area (Å²) in [6.07, 6.45) is 7.44. The molecule has 2 fully saturated rings. The number of rotatable bonds is 7. The normalized spacial score (nSPS) is 15.3. The molecule has 2 amide bonds. The number of ether oxygens (including phenoxy) is 1. The van der Waals surface area contributed by atoms with Crippen molar-refractivity contribution in [3.8, 4) is 11.5 Å². The molecule has 4 aromatic rings. The number of anilines is 2. The van der Waals surface area contributed by atoms with Crippen LogP contribution in [0.2, 0.25) is 0 Å². The number of hydrogen-bond donors (Lipinski definition) is 2. The number of benzene rings is 1. The molecule has 0 bridgehead atoms.